The first-order valence-electron chi connectivity index (χ1n) is 7.56. The van der Waals surface area contributed by atoms with Crippen LogP contribution in [-0.2, 0) is 20.7 Å². The number of carbonyl (C=O) groups excluding carboxylic acids is 2. The molecule has 1 unspecified atom stereocenters. The summed E-state index contributed by atoms with van der Waals surface area (Å²) in [7, 11) is 0. The number of para-hydroxylation sites is 1. The predicted octanol–water partition coefficient (Wildman–Crippen LogP) is 3.93. The van der Waals surface area contributed by atoms with E-state index in [9.17, 15) is 9.59 Å². The van der Waals surface area contributed by atoms with Crippen molar-refractivity contribution in [3.05, 3.63) is 59.1 Å². The lowest BCUT2D eigenvalue weighted by Crippen LogP contribution is -2.51. The van der Waals surface area contributed by atoms with Gasteiger partial charge in [0.05, 0.1) is 12.3 Å². The van der Waals surface area contributed by atoms with Gasteiger partial charge < -0.3 is 10.1 Å². The van der Waals surface area contributed by atoms with Crippen LogP contribution in [0.3, 0.4) is 0 Å². The Hall–Kier alpha value is -1.98. The van der Waals surface area contributed by atoms with Crippen molar-refractivity contribution in [3.8, 4) is 0 Å². The molecule has 124 valence electrons. The number of halogens is 1. The van der Waals surface area contributed by atoms with Crippen LogP contribution in [0.15, 0.2) is 53.4 Å². The van der Waals surface area contributed by atoms with E-state index in [1.807, 2.05) is 30.3 Å². The number of rotatable bonds is 4. The molecule has 1 amide bonds. The standard InChI is InChI=1S/C18H16ClNO3S/c1-2-23-17(22)18(11-12-6-5-7-13(19)10-12)16(21)20-14-8-3-4-9-15(14)24-18/h3-10H,2,11H2,1H3,(H,20,21). The number of hydrogen-bond acceptors (Lipinski definition) is 4. The molecule has 1 heterocycles. The number of fused-ring (bicyclic) bond motifs is 1. The highest BCUT2D eigenvalue weighted by Gasteiger charge is 2.51. The fraction of sp³-hybridized carbons (Fsp3) is 0.222. The van der Waals surface area contributed by atoms with Gasteiger partial charge in [-0.1, -0.05) is 47.6 Å². The van der Waals surface area contributed by atoms with Crippen LogP contribution in [0.1, 0.15) is 12.5 Å². The zero-order valence-corrected chi connectivity index (χ0v) is 14.6. The van der Waals surface area contributed by atoms with Crippen molar-refractivity contribution >= 4 is 40.9 Å². The number of ether oxygens (including phenoxy) is 1. The average molecular weight is 362 g/mol. The maximum absolute atomic E-state index is 12.8. The zero-order chi connectivity index (χ0) is 17.2. The van der Waals surface area contributed by atoms with E-state index in [0.717, 1.165) is 10.5 Å². The van der Waals surface area contributed by atoms with Crippen molar-refractivity contribution < 1.29 is 14.3 Å². The second kappa shape index (κ2) is 6.87. The third kappa shape index (κ3) is 3.14. The van der Waals surface area contributed by atoms with Crippen LogP contribution in [0.4, 0.5) is 5.69 Å². The van der Waals surface area contributed by atoms with Crippen LogP contribution in [0.25, 0.3) is 0 Å². The summed E-state index contributed by atoms with van der Waals surface area (Å²) >= 11 is 7.27. The highest BCUT2D eigenvalue weighted by molar-refractivity contribution is 8.02. The number of thioether (sulfide) groups is 1. The van der Waals surface area contributed by atoms with Gasteiger partial charge in [-0.25, -0.2) is 4.79 Å². The van der Waals surface area contributed by atoms with Gasteiger partial charge in [-0.3, -0.25) is 4.79 Å². The second-order valence-corrected chi connectivity index (χ2v) is 7.18. The molecule has 1 atom stereocenters. The molecule has 0 saturated carbocycles. The lowest BCUT2D eigenvalue weighted by Gasteiger charge is -2.34. The molecule has 1 aliphatic rings. The smallest absolute Gasteiger partial charge is 0.332 e. The molecule has 0 fully saturated rings. The molecule has 3 rings (SSSR count). The van der Waals surface area contributed by atoms with Crippen molar-refractivity contribution in [2.24, 2.45) is 0 Å². The lowest BCUT2D eigenvalue weighted by atomic mass is 9.96. The molecule has 1 N–H and O–H groups in total. The van der Waals surface area contributed by atoms with Crippen LogP contribution in [-0.4, -0.2) is 23.2 Å². The predicted molar refractivity (Wildman–Crippen MR) is 95.4 cm³/mol. The van der Waals surface area contributed by atoms with Gasteiger partial charge in [0, 0.05) is 16.3 Å². The molecule has 0 spiro atoms. The van der Waals surface area contributed by atoms with E-state index in [4.69, 9.17) is 16.3 Å². The zero-order valence-electron chi connectivity index (χ0n) is 13.0. The summed E-state index contributed by atoms with van der Waals surface area (Å²) < 4.78 is 3.85. The Morgan fingerprint density at radius 1 is 1.25 bits per heavy atom. The quantitative estimate of drug-likeness (QED) is 0.662. The molecule has 2 aromatic rings. The van der Waals surface area contributed by atoms with Crippen LogP contribution in [0.2, 0.25) is 5.02 Å². The van der Waals surface area contributed by atoms with Gasteiger partial charge in [-0.2, -0.15) is 0 Å². The normalized spacial score (nSPS) is 19.3. The first kappa shape index (κ1) is 16.9. The SMILES string of the molecule is CCOC(=O)C1(Cc2cccc(Cl)c2)Sc2ccccc2NC1=O. The third-order valence-corrected chi connectivity index (χ3v) is 5.39. The molecule has 2 aromatic carbocycles. The Morgan fingerprint density at radius 3 is 2.79 bits per heavy atom. The van der Waals surface area contributed by atoms with E-state index in [-0.39, 0.29) is 18.9 Å². The Balaban J connectivity index is 2.03. The summed E-state index contributed by atoms with van der Waals surface area (Å²) in [5.74, 6) is -0.911. The maximum atomic E-state index is 12.8. The van der Waals surface area contributed by atoms with Gasteiger partial charge in [0.25, 0.3) is 5.91 Å². The van der Waals surface area contributed by atoms with Crippen molar-refractivity contribution in [1.82, 2.24) is 0 Å². The fourth-order valence-electron chi connectivity index (χ4n) is 2.62. The fourth-order valence-corrected chi connectivity index (χ4v) is 4.11. The highest BCUT2D eigenvalue weighted by Crippen LogP contribution is 2.45. The average Bonchev–Trinajstić information content (AvgIpc) is 2.55. The number of esters is 1. The third-order valence-electron chi connectivity index (χ3n) is 3.73. The molecule has 1 aliphatic heterocycles. The summed E-state index contributed by atoms with van der Waals surface area (Å²) in [5.41, 5.74) is 1.51. The van der Waals surface area contributed by atoms with Crippen molar-refractivity contribution in [1.29, 1.82) is 0 Å². The maximum Gasteiger partial charge on any atom is 0.332 e. The number of benzene rings is 2. The summed E-state index contributed by atoms with van der Waals surface area (Å²) in [6.07, 6.45) is 0.206. The minimum atomic E-state index is -1.37. The molecular weight excluding hydrogens is 346 g/mol. The molecule has 0 radical (unpaired) electrons. The minimum Gasteiger partial charge on any atom is -0.465 e. The molecule has 0 aliphatic carbocycles. The van der Waals surface area contributed by atoms with Crippen LogP contribution in [0, 0.1) is 0 Å². The highest BCUT2D eigenvalue weighted by atomic mass is 35.5. The van der Waals surface area contributed by atoms with Crippen LogP contribution < -0.4 is 5.32 Å². The monoisotopic (exact) mass is 361 g/mol. The molecule has 4 nitrogen and oxygen atoms in total. The minimum absolute atomic E-state index is 0.206. The molecular formula is C18H16ClNO3S. The number of amides is 1. The van der Waals surface area contributed by atoms with Gasteiger partial charge in [-0.05, 0) is 36.8 Å². The van der Waals surface area contributed by atoms with E-state index < -0.39 is 10.7 Å². The van der Waals surface area contributed by atoms with Gasteiger partial charge >= 0.3 is 5.97 Å². The van der Waals surface area contributed by atoms with E-state index >= 15 is 0 Å². The molecule has 0 aromatic heterocycles. The summed E-state index contributed by atoms with van der Waals surface area (Å²) in [5, 5.41) is 3.39. The summed E-state index contributed by atoms with van der Waals surface area (Å²) in [6, 6.07) is 14.6. The van der Waals surface area contributed by atoms with E-state index in [0.29, 0.717) is 10.7 Å². The van der Waals surface area contributed by atoms with Crippen molar-refractivity contribution in [3.63, 3.8) is 0 Å². The summed E-state index contributed by atoms with van der Waals surface area (Å²) in [4.78, 5) is 26.4. The molecule has 24 heavy (non-hydrogen) atoms. The number of carbonyl (C=O) groups is 2. The Labute approximate surface area is 149 Å². The lowest BCUT2D eigenvalue weighted by molar-refractivity contribution is -0.148. The Morgan fingerprint density at radius 2 is 2.04 bits per heavy atom. The Bertz CT molecular complexity index is 795. The second-order valence-electron chi connectivity index (χ2n) is 5.41. The van der Waals surface area contributed by atoms with Crippen LogP contribution >= 0.6 is 23.4 Å². The molecule has 0 bridgehead atoms. The largest absolute Gasteiger partial charge is 0.465 e. The van der Waals surface area contributed by atoms with Gasteiger partial charge in [0.1, 0.15) is 0 Å². The van der Waals surface area contributed by atoms with Crippen LogP contribution in [0.5, 0.6) is 0 Å². The van der Waals surface area contributed by atoms with E-state index in [1.54, 1.807) is 25.1 Å². The van der Waals surface area contributed by atoms with Gasteiger partial charge in [-0.15, -0.1) is 0 Å². The number of anilines is 1. The van der Waals surface area contributed by atoms with Crippen molar-refractivity contribution in [2.45, 2.75) is 23.0 Å². The van der Waals surface area contributed by atoms with Gasteiger partial charge in [0.15, 0.2) is 0 Å². The summed E-state index contributed by atoms with van der Waals surface area (Å²) in [6.45, 7) is 1.94. The van der Waals surface area contributed by atoms with Gasteiger partial charge in [0.2, 0.25) is 4.75 Å². The molecule has 6 heteroatoms. The number of nitrogens with one attached hydrogen (secondary N) is 1. The first-order chi connectivity index (χ1) is 11.5. The van der Waals surface area contributed by atoms with E-state index in [2.05, 4.69) is 5.32 Å². The first-order valence-corrected chi connectivity index (χ1v) is 8.76. The molecule has 0 saturated heterocycles. The van der Waals surface area contributed by atoms with E-state index in [1.165, 1.54) is 11.8 Å². The Kier molecular flexibility index (Phi) is 4.83. The topological polar surface area (TPSA) is 55.4 Å². The number of hydrogen-bond donors (Lipinski definition) is 1. The van der Waals surface area contributed by atoms with Crippen molar-refractivity contribution in [2.75, 3.05) is 11.9 Å².